The average Bonchev–Trinajstić information content (AvgIpc) is 3.18. The topological polar surface area (TPSA) is 54.0 Å². The highest BCUT2D eigenvalue weighted by Gasteiger charge is 2.13. The summed E-state index contributed by atoms with van der Waals surface area (Å²) in [6, 6.07) is 21.2. The Hall–Kier alpha value is -2.33. The third-order valence-corrected chi connectivity index (χ3v) is 6.48. The predicted octanol–water partition coefficient (Wildman–Crippen LogP) is 6.75. The summed E-state index contributed by atoms with van der Waals surface area (Å²) in [7, 11) is 0. The van der Waals surface area contributed by atoms with Crippen molar-refractivity contribution in [2.75, 3.05) is 5.32 Å². The second-order valence-corrected chi connectivity index (χ2v) is 9.63. The molecule has 2 N–H and O–H groups in total. The molecule has 0 atom stereocenters. The Morgan fingerprint density at radius 2 is 1.87 bits per heavy atom. The second-order valence-electron chi connectivity index (χ2n) is 6.50. The molecule has 154 valence electrons. The highest BCUT2D eigenvalue weighted by molar-refractivity contribution is 14.1. The molecule has 0 bridgehead atoms. The van der Waals surface area contributed by atoms with Gasteiger partial charge in [-0.05, 0) is 88.9 Å². The number of amides is 1. The van der Waals surface area contributed by atoms with Crippen LogP contribution in [0.15, 0.2) is 72.8 Å². The van der Waals surface area contributed by atoms with Crippen molar-refractivity contribution in [3.8, 4) is 10.6 Å². The van der Waals surface area contributed by atoms with Gasteiger partial charge in [-0.15, -0.1) is 11.3 Å². The number of thiocarbonyl (C=S) groups is 1. The zero-order valence-corrected chi connectivity index (χ0v) is 20.5. The largest absolute Gasteiger partial charge is 0.332 e. The van der Waals surface area contributed by atoms with Crippen LogP contribution in [-0.2, 0) is 4.79 Å². The molecule has 0 radical (unpaired) electrons. The van der Waals surface area contributed by atoms with E-state index in [-0.39, 0.29) is 11.0 Å². The van der Waals surface area contributed by atoms with Crippen molar-refractivity contribution in [3.05, 3.63) is 87.0 Å². The van der Waals surface area contributed by atoms with E-state index in [1.54, 1.807) is 29.5 Å². The highest BCUT2D eigenvalue weighted by Crippen LogP contribution is 2.35. The van der Waals surface area contributed by atoms with Crippen molar-refractivity contribution < 1.29 is 4.79 Å². The highest BCUT2D eigenvalue weighted by atomic mass is 127. The standard InChI is InChI=1S/C23H15ClIN3OS2/c24-15-8-5-14(6-9-15)7-12-21(29)28-23(30)27-18-11-10-16(25)13-17(18)22-26-19-3-1-2-4-20(19)31-22/h1-13H,(H2,27,28,29,30). The molecular formula is C23H15ClIN3OS2. The molecule has 0 aliphatic heterocycles. The number of aromatic nitrogens is 1. The van der Waals surface area contributed by atoms with Crippen molar-refractivity contribution in [3.63, 3.8) is 0 Å². The fourth-order valence-corrected chi connectivity index (χ4v) is 4.67. The quantitative estimate of drug-likeness (QED) is 0.161. The molecule has 4 aromatic rings. The summed E-state index contributed by atoms with van der Waals surface area (Å²) in [5.41, 5.74) is 3.54. The number of hydrogen-bond acceptors (Lipinski definition) is 4. The van der Waals surface area contributed by atoms with Gasteiger partial charge in [0, 0.05) is 20.2 Å². The predicted molar refractivity (Wildman–Crippen MR) is 143 cm³/mol. The number of nitrogens with one attached hydrogen (secondary N) is 2. The number of halogens is 2. The van der Waals surface area contributed by atoms with Crippen LogP contribution in [0.1, 0.15) is 5.56 Å². The first-order valence-electron chi connectivity index (χ1n) is 9.19. The van der Waals surface area contributed by atoms with Crippen LogP contribution in [-0.4, -0.2) is 16.0 Å². The molecule has 8 heteroatoms. The molecule has 0 spiro atoms. The van der Waals surface area contributed by atoms with Gasteiger partial charge in [0.2, 0.25) is 5.91 Å². The van der Waals surface area contributed by atoms with Crippen LogP contribution in [0, 0.1) is 3.57 Å². The Balaban J connectivity index is 1.49. The number of fused-ring (bicyclic) bond motifs is 1. The number of rotatable bonds is 4. The molecule has 4 rings (SSSR count). The number of anilines is 1. The number of carbonyl (C=O) groups excluding carboxylic acids is 1. The molecule has 1 heterocycles. The normalized spacial score (nSPS) is 11.0. The minimum absolute atomic E-state index is 0.217. The fourth-order valence-electron chi connectivity index (χ4n) is 2.84. The van der Waals surface area contributed by atoms with E-state index in [0.717, 1.165) is 35.6 Å². The molecule has 4 nitrogen and oxygen atoms in total. The minimum atomic E-state index is -0.320. The number of benzene rings is 3. The Kier molecular flexibility index (Phi) is 6.96. The van der Waals surface area contributed by atoms with Crippen LogP contribution in [0.25, 0.3) is 26.9 Å². The summed E-state index contributed by atoms with van der Waals surface area (Å²) in [4.78, 5) is 17.0. The lowest BCUT2D eigenvalue weighted by Gasteiger charge is -2.12. The van der Waals surface area contributed by atoms with Crippen molar-refractivity contribution in [2.24, 2.45) is 0 Å². The van der Waals surface area contributed by atoms with Gasteiger partial charge >= 0.3 is 0 Å². The maximum Gasteiger partial charge on any atom is 0.250 e. The number of nitrogens with zero attached hydrogens (tertiary/aromatic N) is 1. The van der Waals surface area contributed by atoms with E-state index in [1.165, 1.54) is 6.08 Å². The van der Waals surface area contributed by atoms with Crippen molar-refractivity contribution in [1.29, 1.82) is 0 Å². The maximum absolute atomic E-state index is 12.2. The summed E-state index contributed by atoms with van der Waals surface area (Å²) >= 11 is 15.1. The molecule has 0 saturated heterocycles. The lowest BCUT2D eigenvalue weighted by molar-refractivity contribution is -0.115. The molecule has 3 aromatic carbocycles. The molecule has 0 unspecified atom stereocenters. The number of para-hydroxylation sites is 1. The summed E-state index contributed by atoms with van der Waals surface area (Å²) in [5, 5.41) is 7.56. The summed E-state index contributed by atoms with van der Waals surface area (Å²) in [6.07, 6.45) is 3.13. The Morgan fingerprint density at radius 3 is 2.65 bits per heavy atom. The van der Waals surface area contributed by atoms with Crippen LogP contribution in [0.2, 0.25) is 5.02 Å². The van der Waals surface area contributed by atoms with E-state index in [0.29, 0.717) is 5.02 Å². The zero-order chi connectivity index (χ0) is 21.8. The van der Waals surface area contributed by atoms with Gasteiger partial charge in [-0.1, -0.05) is 35.9 Å². The van der Waals surface area contributed by atoms with Gasteiger partial charge < -0.3 is 5.32 Å². The van der Waals surface area contributed by atoms with E-state index < -0.39 is 0 Å². The van der Waals surface area contributed by atoms with E-state index >= 15 is 0 Å². The Labute approximate surface area is 207 Å². The van der Waals surface area contributed by atoms with Gasteiger partial charge in [0.15, 0.2) is 5.11 Å². The molecule has 0 fully saturated rings. The van der Waals surface area contributed by atoms with Crippen LogP contribution in [0.5, 0.6) is 0 Å². The van der Waals surface area contributed by atoms with E-state index in [1.807, 2.05) is 48.5 Å². The van der Waals surface area contributed by atoms with Crippen LogP contribution in [0.4, 0.5) is 5.69 Å². The van der Waals surface area contributed by atoms with Crippen LogP contribution in [0.3, 0.4) is 0 Å². The van der Waals surface area contributed by atoms with Crippen molar-refractivity contribution in [1.82, 2.24) is 10.3 Å². The summed E-state index contributed by atoms with van der Waals surface area (Å²) in [6.45, 7) is 0. The number of hydrogen-bond donors (Lipinski definition) is 2. The molecule has 0 aliphatic carbocycles. The second kappa shape index (κ2) is 9.86. The Bertz CT molecular complexity index is 1270. The first-order chi connectivity index (χ1) is 15.0. The van der Waals surface area contributed by atoms with E-state index in [9.17, 15) is 4.79 Å². The molecule has 31 heavy (non-hydrogen) atoms. The van der Waals surface area contributed by atoms with Crippen LogP contribution < -0.4 is 10.6 Å². The monoisotopic (exact) mass is 575 g/mol. The van der Waals surface area contributed by atoms with Crippen molar-refractivity contribution >= 4 is 90.7 Å². The molecule has 1 amide bonds. The average molecular weight is 576 g/mol. The van der Waals surface area contributed by atoms with Gasteiger partial charge in [-0.3, -0.25) is 10.1 Å². The third kappa shape index (κ3) is 5.68. The molecule has 0 saturated carbocycles. The lowest BCUT2D eigenvalue weighted by atomic mass is 10.2. The number of carbonyl (C=O) groups is 1. The Morgan fingerprint density at radius 1 is 1.10 bits per heavy atom. The fraction of sp³-hybridized carbons (Fsp3) is 0. The maximum atomic E-state index is 12.2. The third-order valence-electron chi connectivity index (χ3n) is 4.29. The van der Waals surface area contributed by atoms with Gasteiger partial charge in [0.1, 0.15) is 5.01 Å². The molecular weight excluding hydrogens is 561 g/mol. The molecule has 1 aromatic heterocycles. The van der Waals surface area contributed by atoms with E-state index in [2.05, 4.69) is 39.3 Å². The number of thiazole rings is 1. The summed E-state index contributed by atoms with van der Waals surface area (Å²) in [5.74, 6) is -0.320. The lowest BCUT2D eigenvalue weighted by Crippen LogP contribution is -2.33. The summed E-state index contributed by atoms with van der Waals surface area (Å²) < 4.78 is 2.20. The van der Waals surface area contributed by atoms with Crippen LogP contribution >= 0.6 is 57.7 Å². The zero-order valence-electron chi connectivity index (χ0n) is 15.9. The van der Waals surface area contributed by atoms with Gasteiger partial charge in [0.25, 0.3) is 0 Å². The van der Waals surface area contributed by atoms with Gasteiger partial charge in [-0.2, -0.15) is 0 Å². The van der Waals surface area contributed by atoms with Gasteiger partial charge in [-0.25, -0.2) is 4.98 Å². The van der Waals surface area contributed by atoms with E-state index in [4.69, 9.17) is 28.8 Å². The SMILES string of the molecule is O=C(C=Cc1ccc(Cl)cc1)NC(=S)Nc1ccc(I)cc1-c1nc2ccccc2s1. The first kappa shape index (κ1) is 21.9. The van der Waals surface area contributed by atoms with Gasteiger partial charge in [0.05, 0.1) is 15.9 Å². The first-order valence-corrected chi connectivity index (χ1v) is 11.9. The van der Waals surface area contributed by atoms with Crippen molar-refractivity contribution in [2.45, 2.75) is 0 Å². The molecule has 0 aliphatic rings. The minimum Gasteiger partial charge on any atom is -0.332 e. The smallest absolute Gasteiger partial charge is 0.250 e.